The molecule has 156 valence electrons. The molecule has 0 atom stereocenters. The largest absolute Gasteiger partial charge is 0.331 e. The van der Waals surface area contributed by atoms with Crippen LogP contribution < -0.4 is 5.32 Å². The van der Waals surface area contributed by atoms with Crippen LogP contribution in [0.1, 0.15) is 16.7 Å². The molecule has 0 unspecified atom stereocenters. The molecule has 2 heterocycles. The number of hydrogen-bond donors (Lipinski definition) is 1. The zero-order valence-electron chi connectivity index (χ0n) is 17.8. The van der Waals surface area contributed by atoms with E-state index in [0.29, 0.717) is 37.9 Å². The molecular weight excluding hydrogens is 386 g/mol. The number of anilines is 1. The van der Waals surface area contributed by atoms with E-state index in [1.54, 1.807) is 19.0 Å². The van der Waals surface area contributed by atoms with Crippen molar-refractivity contribution in [3.05, 3.63) is 34.2 Å². The highest BCUT2D eigenvalue weighted by atomic mass is 32.1. The van der Waals surface area contributed by atoms with Crippen LogP contribution in [0.2, 0.25) is 0 Å². The molecule has 0 bridgehead atoms. The van der Waals surface area contributed by atoms with Crippen molar-refractivity contribution in [1.29, 1.82) is 0 Å². The van der Waals surface area contributed by atoms with Crippen LogP contribution in [0.15, 0.2) is 17.5 Å². The van der Waals surface area contributed by atoms with Gasteiger partial charge in [-0.05, 0) is 31.9 Å². The number of carbonyl (C=O) groups excluding carboxylic acids is 2. The molecule has 1 aromatic carbocycles. The molecule has 0 aliphatic carbocycles. The van der Waals surface area contributed by atoms with Gasteiger partial charge >= 0.3 is 6.03 Å². The lowest BCUT2D eigenvalue weighted by molar-refractivity contribution is -0.117. The first-order valence-electron chi connectivity index (χ1n) is 9.76. The lowest BCUT2D eigenvalue weighted by atomic mass is 9.98. The number of amides is 3. The van der Waals surface area contributed by atoms with Crippen molar-refractivity contribution >= 4 is 28.4 Å². The van der Waals surface area contributed by atoms with Crippen molar-refractivity contribution in [2.45, 2.75) is 20.8 Å². The van der Waals surface area contributed by atoms with E-state index >= 15 is 0 Å². The number of hydrogen-bond acceptors (Lipinski definition) is 5. The summed E-state index contributed by atoms with van der Waals surface area (Å²) in [6.45, 7) is 9.24. The van der Waals surface area contributed by atoms with Crippen LogP contribution in [-0.2, 0) is 4.79 Å². The summed E-state index contributed by atoms with van der Waals surface area (Å²) in [5.74, 6) is -0.0735. The minimum absolute atomic E-state index is 0.0195. The average molecular weight is 416 g/mol. The van der Waals surface area contributed by atoms with Gasteiger partial charge in [-0.3, -0.25) is 9.69 Å². The van der Waals surface area contributed by atoms with Crippen molar-refractivity contribution in [2.75, 3.05) is 52.1 Å². The maximum Gasteiger partial charge on any atom is 0.319 e. The van der Waals surface area contributed by atoms with E-state index < -0.39 is 0 Å². The highest BCUT2D eigenvalue weighted by Gasteiger charge is 2.23. The quantitative estimate of drug-likeness (QED) is 0.834. The number of urea groups is 1. The Balaban J connectivity index is 1.56. The molecule has 3 amide bonds. The van der Waals surface area contributed by atoms with Crippen molar-refractivity contribution < 1.29 is 9.59 Å². The van der Waals surface area contributed by atoms with Crippen molar-refractivity contribution in [2.24, 2.45) is 0 Å². The second-order valence-corrected chi connectivity index (χ2v) is 8.66. The third kappa shape index (κ3) is 5.13. The lowest BCUT2D eigenvalue weighted by Gasteiger charge is -2.35. The fourth-order valence-electron chi connectivity index (χ4n) is 3.77. The number of carbonyl (C=O) groups is 2. The zero-order chi connectivity index (χ0) is 21.1. The molecule has 0 spiro atoms. The first-order chi connectivity index (χ1) is 13.7. The smallest absolute Gasteiger partial charge is 0.319 e. The van der Waals surface area contributed by atoms with Gasteiger partial charge in [0.05, 0.1) is 12.2 Å². The van der Waals surface area contributed by atoms with E-state index in [0.717, 1.165) is 11.3 Å². The Morgan fingerprint density at radius 1 is 1.10 bits per heavy atom. The van der Waals surface area contributed by atoms with Gasteiger partial charge in [-0.1, -0.05) is 17.7 Å². The lowest BCUT2D eigenvalue weighted by Crippen LogP contribution is -2.52. The first-order valence-corrected chi connectivity index (χ1v) is 10.6. The molecule has 0 saturated carbocycles. The van der Waals surface area contributed by atoms with Crippen LogP contribution >= 0.6 is 11.3 Å². The predicted octanol–water partition coefficient (Wildman–Crippen LogP) is 2.97. The van der Waals surface area contributed by atoms with Gasteiger partial charge in [-0.25, -0.2) is 9.78 Å². The number of aromatic nitrogens is 1. The second kappa shape index (κ2) is 8.92. The molecule has 8 heteroatoms. The molecule has 1 aromatic heterocycles. The van der Waals surface area contributed by atoms with Crippen LogP contribution in [0, 0.1) is 20.8 Å². The molecular formula is C21H29N5O2S. The van der Waals surface area contributed by atoms with Crippen molar-refractivity contribution in [3.8, 4) is 11.3 Å². The number of thiazole rings is 1. The third-order valence-electron chi connectivity index (χ3n) is 5.08. The summed E-state index contributed by atoms with van der Waals surface area (Å²) in [6.07, 6.45) is 0. The summed E-state index contributed by atoms with van der Waals surface area (Å²) in [7, 11) is 3.51. The van der Waals surface area contributed by atoms with E-state index in [2.05, 4.69) is 48.1 Å². The Labute approximate surface area is 176 Å². The van der Waals surface area contributed by atoms with Gasteiger partial charge in [-0.2, -0.15) is 0 Å². The van der Waals surface area contributed by atoms with Crippen LogP contribution in [0.3, 0.4) is 0 Å². The van der Waals surface area contributed by atoms with Crippen LogP contribution in [-0.4, -0.2) is 78.4 Å². The third-order valence-corrected chi connectivity index (χ3v) is 5.83. The maximum absolute atomic E-state index is 12.5. The van der Waals surface area contributed by atoms with Crippen LogP contribution in [0.25, 0.3) is 11.3 Å². The number of benzene rings is 1. The Hall–Kier alpha value is -2.45. The number of nitrogens with one attached hydrogen (secondary N) is 1. The van der Waals surface area contributed by atoms with Crippen LogP contribution in [0.5, 0.6) is 0 Å². The summed E-state index contributed by atoms with van der Waals surface area (Å²) >= 11 is 1.44. The van der Waals surface area contributed by atoms with Gasteiger partial charge in [0.15, 0.2) is 5.13 Å². The number of aryl methyl sites for hydroxylation is 3. The first kappa shape index (κ1) is 21.3. The Morgan fingerprint density at radius 3 is 2.31 bits per heavy atom. The molecule has 0 radical (unpaired) electrons. The van der Waals surface area contributed by atoms with Gasteiger partial charge in [0.2, 0.25) is 5.91 Å². The molecule has 3 rings (SSSR count). The zero-order valence-corrected chi connectivity index (χ0v) is 18.6. The predicted molar refractivity (Wildman–Crippen MR) is 117 cm³/mol. The SMILES string of the molecule is Cc1cc(C)c(-c2csc(NC(=O)CN3CCN(C(=O)N(C)C)CC3)n2)c(C)c1. The average Bonchev–Trinajstić information content (AvgIpc) is 3.08. The standard InChI is InChI=1S/C21H29N5O2S/c1-14-10-15(2)19(16(3)11-14)17-13-29-20(22-17)23-18(27)12-25-6-8-26(9-7-25)21(28)24(4)5/h10-11,13H,6-9,12H2,1-5H3,(H,22,23,27). The molecule has 1 fully saturated rings. The Bertz CT molecular complexity index is 877. The summed E-state index contributed by atoms with van der Waals surface area (Å²) < 4.78 is 0. The monoisotopic (exact) mass is 415 g/mol. The highest BCUT2D eigenvalue weighted by molar-refractivity contribution is 7.14. The molecule has 1 aliphatic heterocycles. The summed E-state index contributed by atoms with van der Waals surface area (Å²) in [5, 5.41) is 5.53. The van der Waals surface area contributed by atoms with Gasteiger partial charge in [-0.15, -0.1) is 11.3 Å². The molecule has 2 aromatic rings. The summed E-state index contributed by atoms with van der Waals surface area (Å²) in [5.41, 5.74) is 5.65. The van der Waals surface area contributed by atoms with E-state index in [4.69, 9.17) is 0 Å². The fraction of sp³-hybridized carbons (Fsp3) is 0.476. The van der Waals surface area contributed by atoms with Gasteiger partial charge in [0, 0.05) is 51.2 Å². The highest BCUT2D eigenvalue weighted by Crippen LogP contribution is 2.31. The van der Waals surface area contributed by atoms with E-state index in [1.807, 2.05) is 10.3 Å². The molecule has 7 nitrogen and oxygen atoms in total. The summed E-state index contributed by atoms with van der Waals surface area (Å²) in [4.78, 5) is 34.5. The number of nitrogens with zero attached hydrogens (tertiary/aromatic N) is 4. The molecule has 1 aliphatic rings. The van der Waals surface area contributed by atoms with Crippen LogP contribution in [0.4, 0.5) is 9.93 Å². The maximum atomic E-state index is 12.5. The summed E-state index contributed by atoms with van der Waals surface area (Å²) in [6, 6.07) is 4.33. The van der Waals surface area contributed by atoms with Crippen molar-refractivity contribution in [1.82, 2.24) is 19.7 Å². The van der Waals surface area contributed by atoms with E-state index in [1.165, 1.54) is 28.0 Å². The topological polar surface area (TPSA) is 68.8 Å². The Morgan fingerprint density at radius 2 is 1.72 bits per heavy atom. The Kier molecular flexibility index (Phi) is 6.54. The number of rotatable bonds is 4. The normalized spacial score (nSPS) is 14.7. The van der Waals surface area contributed by atoms with Gasteiger partial charge < -0.3 is 15.1 Å². The van der Waals surface area contributed by atoms with Gasteiger partial charge in [0.1, 0.15) is 0 Å². The number of piperazine rings is 1. The van der Waals surface area contributed by atoms with E-state index in [-0.39, 0.29) is 11.9 Å². The molecule has 29 heavy (non-hydrogen) atoms. The molecule has 1 N–H and O–H groups in total. The minimum atomic E-state index is -0.0735. The van der Waals surface area contributed by atoms with Gasteiger partial charge in [0.25, 0.3) is 0 Å². The fourth-order valence-corrected chi connectivity index (χ4v) is 4.49. The molecule has 1 saturated heterocycles. The van der Waals surface area contributed by atoms with Crippen molar-refractivity contribution in [3.63, 3.8) is 0 Å². The van der Waals surface area contributed by atoms with E-state index in [9.17, 15) is 9.59 Å². The minimum Gasteiger partial charge on any atom is -0.331 e. The second-order valence-electron chi connectivity index (χ2n) is 7.80.